The molecule has 0 radical (unpaired) electrons. The molecule has 1 unspecified atom stereocenters. The van der Waals surface area contributed by atoms with E-state index >= 15 is 0 Å². The van der Waals surface area contributed by atoms with Crippen molar-refractivity contribution in [3.63, 3.8) is 0 Å². The Morgan fingerprint density at radius 3 is 2.71 bits per heavy atom. The summed E-state index contributed by atoms with van der Waals surface area (Å²) >= 11 is 0.570. The number of ether oxygens (including phenoxy) is 2. The number of nitrogens with one attached hydrogen (secondary N) is 3. The number of amidine groups is 1. The third kappa shape index (κ3) is 5.32. The second-order valence-corrected chi connectivity index (χ2v) is 11.2. The van der Waals surface area contributed by atoms with Crippen molar-refractivity contribution in [3.05, 3.63) is 76.4 Å². The first kappa shape index (κ1) is 28.1. The number of fused-ring (bicyclic) bond motifs is 1. The first-order valence-corrected chi connectivity index (χ1v) is 14.2. The van der Waals surface area contributed by atoms with E-state index in [1.807, 2.05) is 53.4 Å². The number of hydrazine groups is 1. The first-order chi connectivity index (χ1) is 20.2. The summed E-state index contributed by atoms with van der Waals surface area (Å²) in [4.78, 5) is 28.2. The molecule has 10 nitrogen and oxygen atoms in total. The van der Waals surface area contributed by atoms with Gasteiger partial charge in [-0.05, 0) is 25.8 Å². The molecule has 3 aliphatic rings. The van der Waals surface area contributed by atoms with Crippen molar-refractivity contribution in [1.82, 2.24) is 15.8 Å². The average molecular weight is 600 g/mol. The number of anilines is 2. The molecule has 0 aliphatic carbocycles. The summed E-state index contributed by atoms with van der Waals surface area (Å²) < 4.78 is 52.9. The molecule has 0 bridgehead atoms. The van der Waals surface area contributed by atoms with Crippen LogP contribution < -0.4 is 21.1 Å². The van der Waals surface area contributed by atoms with Crippen molar-refractivity contribution in [2.24, 2.45) is 9.98 Å². The Bertz CT molecular complexity index is 1540. The second-order valence-electron chi connectivity index (χ2n) is 10.2. The minimum absolute atomic E-state index is 0.0618. The van der Waals surface area contributed by atoms with Crippen molar-refractivity contribution < 1.29 is 27.4 Å². The number of benzene rings is 2. The molecule has 3 atom stereocenters. The summed E-state index contributed by atoms with van der Waals surface area (Å²) in [5.41, 5.74) is 6.87. The van der Waals surface area contributed by atoms with E-state index in [9.17, 15) is 18.0 Å². The molecular weight excluding hydrogens is 571 g/mol. The topological polar surface area (TPSA) is 112 Å². The van der Waals surface area contributed by atoms with E-state index in [2.05, 4.69) is 31.1 Å². The molecule has 6 rings (SSSR count). The molecule has 2 fully saturated rings. The molecule has 220 valence electrons. The van der Waals surface area contributed by atoms with Crippen LogP contribution >= 0.6 is 11.3 Å². The number of aromatic nitrogens is 1. The van der Waals surface area contributed by atoms with Gasteiger partial charge in [-0.1, -0.05) is 59.9 Å². The van der Waals surface area contributed by atoms with Crippen LogP contribution in [0.5, 0.6) is 0 Å². The quantitative estimate of drug-likeness (QED) is 0.389. The Morgan fingerprint density at radius 1 is 1.19 bits per heavy atom. The first-order valence-electron chi connectivity index (χ1n) is 13.3. The van der Waals surface area contributed by atoms with Gasteiger partial charge in [-0.3, -0.25) is 10.2 Å². The van der Waals surface area contributed by atoms with Crippen molar-refractivity contribution >= 4 is 39.7 Å². The van der Waals surface area contributed by atoms with Crippen molar-refractivity contribution in [2.45, 2.75) is 43.9 Å². The molecule has 14 heteroatoms. The fraction of sp³-hybridized carbons (Fsp3) is 0.357. The Labute approximate surface area is 243 Å². The van der Waals surface area contributed by atoms with Crippen LogP contribution in [-0.4, -0.2) is 55.1 Å². The van der Waals surface area contributed by atoms with Crippen LogP contribution in [0.25, 0.3) is 0 Å². The Balaban J connectivity index is 1.35. The Kier molecular flexibility index (Phi) is 7.37. The van der Waals surface area contributed by atoms with E-state index in [0.717, 1.165) is 24.0 Å². The molecule has 42 heavy (non-hydrogen) atoms. The molecule has 4 heterocycles. The number of amides is 1. The summed E-state index contributed by atoms with van der Waals surface area (Å²) in [6.07, 6.45) is -4.29. The predicted octanol–water partition coefficient (Wildman–Crippen LogP) is 4.25. The van der Waals surface area contributed by atoms with Gasteiger partial charge < -0.3 is 19.7 Å². The monoisotopic (exact) mass is 599 g/mol. The Morgan fingerprint density at radius 2 is 1.95 bits per heavy atom. The zero-order chi connectivity index (χ0) is 29.5. The standard InChI is InChI=1S/C28H28F3N7O3S/c1-27(21-24(42-25(34-21)28(29,30)31)38-14-8-11-17(38)15-40-2)37-36-26(41-27)35-22-23(39)32-19-13-7-6-12-18(19)20(33-22)16-9-4-3-5-10-16/h3-7,9-10,12-13,17,22,37H,8,11,14-15H2,1-2H3,(H,32,39)(H,35,36)/t17-,22+,27?/m0/s1. The zero-order valence-corrected chi connectivity index (χ0v) is 23.6. The number of thiazole rings is 1. The summed E-state index contributed by atoms with van der Waals surface area (Å²) in [5, 5.41) is 2.22. The second kappa shape index (κ2) is 11.0. The number of alkyl halides is 3. The van der Waals surface area contributed by atoms with Crippen molar-refractivity contribution in [3.8, 4) is 0 Å². The number of methoxy groups -OCH3 is 1. The van der Waals surface area contributed by atoms with Gasteiger partial charge in [0, 0.05) is 24.8 Å². The largest absolute Gasteiger partial charge is 0.443 e. The highest BCUT2D eigenvalue weighted by Gasteiger charge is 2.47. The number of aliphatic imine (C=N–C) groups is 2. The summed E-state index contributed by atoms with van der Waals surface area (Å²) in [6, 6.07) is 16.5. The van der Waals surface area contributed by atoms with E-state index in [0.29, 0.717) is 40.9 Å². The molecular formula is C28H28F3N7O3S. The van der Waals surface area contributed by atoms with Gasteiger partial charge in [0.25, 0.3) is 5.91 Å². The lowest BCUT2D eigenvalue weighted by Gasteiger charge is -2.29. The number of halogens is 3. The van der Waals surface area contributed by atoms with E-state index < -0.39 is 29.0 Å². The molecule has 1 amide bonds. The number of carbonyl (C=O) groups excluding carboxylic acids is 1. The molecule has 3 aliphatic heterocycles. The van der Waals surface area contributed by atoms with Crippen LogP contribution in [0.4, 0.5) is 23.9 Å². The maximum absolute atomic E-state index is 13.8. The van der Waals surface area contributed by atoms with Gasteiger partial charge in [0.2, 0.25) is 16.9 Å². The number of para-hydroxylation sites is 1. The molecule has 3 N–H and O–H groups in total. The lowest BCUT2D eigenvalue weighted by molar-refractivity contribution is -0.138. The summed E-state index contributed by atoms with van der Waals surface area (Å²) in [7, 11) is 1.56. The van der Waals surface area contributed by atoms with Crippen LogP contribution in [0.2, 0.25) is 0 Å². The minimum Gasteiger partial charge on any atom is -0.435 e. The molecule has 2 aromatic carbocycles. The molecule has 3 aromatic rings. The third-order valence-corrected chi connectivity index (χ3v) is 8.36. The van der Waals surface area contributed by atoms with Gasteiger partial charge in [0.1, 0.15) is 10.7 Å². The summed E-state index contributed by atoms with van der Waals surface area (Å²) in [6.45, 7) is 2.49. The normalized spacial score (nSPS) is 25.0. The Hall–Kier alpha value is -4.01. The van der Waals surface area contributed by atoms with Gasteiger partial charge in [-0.2, -0.15) is 23.6 Å². The van der Waals surface area contributed by atoms with Gasteiger partial charge in [-0.25, -0.2) is 9.98 Å². The van der Waals surface area contributed by atoms with E-state index in [4.69, 9.17) is 9.47 Å². The van der Waals surface area contributed by atoms with Gasteiger partial charge in [-0.15, -0.1) is 0 Å². The van der Waals surface area contributed by atoms with Crippen LogP contribution in [0.15, 0.2) is 64.6 Å². The maximum Gasteiger partial charge on any atom is 0.443 e. The predicted molar refractivity (Wildman–Crippen MR) is 152 cm³/mol. The molecule has 2 saturated heterocycles. The third-order valence-electron chi connectivity index (χ3n) is 7.22. The van der Waals surface area contributed by atoms with Crippen molar-refractivity contribution in [1.29, 1.82) is 0 Å². The average Bonchev–Trinajstić information content (AvgIpc) is 3.69. The number of hydrogen-bond donors (Lipinski definition) is 3. The SMILES string of the molecule is COC[C@@H]1CCCN1c1sc(C(F)(F)F)nc1C1(C)NN/C(=N\[C@H]2N=C(c3ccccc3)c3ccccc3NC2=O)O1. The number of carbonyl (C=O) groups is 1. The number of hydrogen-bond acceptors (Lipinski definition) is 9. The highest BCUT2D eigenvalue weighted by atomic mass is 32.1. The van der Waals surface area contributed by atoms with Gasteiger partial charge in [0.15, 0.2) is 0 Å². The lowest BCUT2D eigenvalue weighted by Crippen LogP contribution is -2.42. The summed E-state index contributed by atoms with van der Waals surface area (Å²) in [5.74, 6) is -0.493. The van der Waals surface area contributed by atoms with Crippen molar-refractivity contribution in [2.75, 3.05) is 30.5 Å². The van der Waals surface area contributed by atoms with Crippen LogP contribution in [0.3, 0.4) is 0 Å². The maximum atomic E-state index is 13.8. The number of rotatable bonds is 6. The highest BCUT2D eigenvalue weighted by molar-refractivity contribution is 7.16. The fourth-order valence-corrected chi connectivity index (χ4v) is 6.39. The number of benzodiazepines with no additional fused rings is 1. The van der Waals surface area contributed by atoms with E-state index in [1.54, 1.807) is 20.1 Å². The zero-order valence-electron chi connectivity index (χ0n) is 22.7. The highest BCUT2D eigenvalue weighted by Crippen LogP contribution is 2.45. The van der Waals surface area contributed by atoms with E-state index in [-0.39, 0.29) is 17.8 Å². The smallest absolute Gasteiger partial charge is 0.435 e. The molecule has 0 saturated carbocycles. The van der Waals surface area contributed by atoms with Crippen LogP contribution in [0.1, 0.15) is 41.6 Å². The minimum atomic E-state index is -4.64. The van der Waals surface area contributed by atoms with Crippen LogP contribution in [-0.2, 0) is 26.2 Å². The molecule has 1 aromatic heterocycles. The molecule has 0 spiro atoms. The van der Waals surface area contributed by atoms with Gasteiger partial charge >= 0.3 is 12.2 Å². The lowest BCUT2D eigenvalue weighted by atomic mass is 10.0. The van der Waals surface area contributed by atoms with Crippen LogP contribution in [0, 0.1) is 0 Å². The number of nitrogens with zero attached hydrogens (tertiary/aromatic N) is 4. The van der Waals surface area contributed by atoms with Gasteiger partial charge in [0.05, 0.1) is 24.0 Å². The van der Waals surface area contributed by atoms with E-state index in [1.165, 1.54) is 0 Å². The fourth-order valence-electron chi connectivity index (χ4n) is 5.26.